The molecule has 0 saturated heterocycles. The Kier molecular flexibility index (Phi) is 7.57. The third-order valence-electron chi connectivity index (χ3n) is 1.77. The Balaban J connectivity index is 3.27. The number of nitrogens with two attached hydrogens (primary N) is 1. The molecular formula is C9H18N2O4. The molecule has 0 saturated carbocycles. The molecule has 0 aliphatic heterocycles. The summed E-state index contributed by atoms with van der Waals surface area (Å²) in [4.78, 5) is 20.5. The molecule has 0 aliphatic carbocycles. The smallest absolute Gasteiger partial charge is 0.303 e. The van der Waals surface area contributed by atoms with Crippen LogP contribution in [0.4, 0.5) is 0 Å². The summed E-state index contributed by atoms with van der Waals surface area (Å²) in [5.74, 6) is -1.29. The number of carbonyl (C=O) groups is 2. The lowest BCUT2D eigenvalue weighted by Gasteiger charge is -2.12. The lowest BCUT2D eigenvalue weighted by Crippen LogP contribution is -2.31. The van der Waals surface area contributed by atoms with Gasteiger partial charge in [-0.25, -0.2) is 0 Å². The van der Waals surface area contributed by atoms with Gasteiger partial charge in [-0.1, -0.05) is 0 Å². The predicted octanol–water partition coefficient (Wildman–Crippen LogP) is -0.669. The number of primary amides is 1. The summed E-state index contributed by atoms with van der Waals surface area (Å²) >= 11 is 0. The number of rotatable bonds is 9. The molecule has 0 bridgehead atoms. The Morgan fingerprint density at radius 3 is 2.73 bits per heavy atom. The number of nitrogens with one attached hydrogen (secondary N) is 1. The van der Waals surface area contributed by atoms with Crippen LogP contribution in [0.15, 0.2) is 0 Å². The summed E-state index contributed by atoms with van der Waals surface area (Å²) in [6.07, 6.45) is 0.724. The number of ether oxygens (including phenoxy) is 1. The van der Waals surface area contributed by atoms with E-state index in [1.807, 2.05) is 6.92 Å². The van der Waals surface area contributed by atoms with E-state index in [1.165, 1.54) is 0 Å². The quantitative estimate of drug-likeness (QED) is 0.445. The van der Waals surface area contributed by atoms with Gasteiger partial charge in [0.05, 0.1) is 6.61 Å². The lowest BCUT2D eigenvalue weighted by molar-refractivity contribution is -0.137. The monoisotopic (exact) mass is 218 g/mol. The van der Waals surface area contributed by atoms with E-state index in [9.17, 15) is 9.59 Å². The molecule has 0 rings (SSSR count). The van der Waals surface area contributed by atoms with Crippen molar-refractivity contribution in [2.45, 2.75) is 25.8 Å². The van der Waals surface area contributed by atoms with Crippen LogP contribution in [0.1, 0.15) is 19.8 Å². The van der Waals surface area contributed by atoms with Crippen molar-refractivity contribution in [3.8, 4) is 0 Å². The highest BCUT2D eigenvalue weighted by Crippen LogP contribution is 1.95. The fraction of sp³-hybridized carbons (Fsp3) is 0.778. The highest BCUT2D eigenvalue weighted by Gasteiger charge is 2.04. The second-order valence-corrected chi connectivity index (χ2v) is 3.31. The van der Waals surface area contributed by atoms with E-state index in [4.69, 9.17) is 15.6 Å². The molecule has 88 valence electrons. The zero-order valence-corrected chi connectivity index (χ0v) is 8.86. The molecule has 6 nitrogen and oxygen atoms in total. The minimum absolute atomic E-state index is 0.0782. The topological polar surface area (TPSA) is 102 Å². The van der Waals surface area contributed by atoms with Crippen LogP contribution in [-0.2, 0) is 14.3 Å². The van der Waals surface area contributed by atoms with Crippen LogP contribution in [0.2, 0.25) is 0 Å². The second-order valence-electron chi connectivity index (χ2n) is 3.31. The van der Waals surface area contributed by atoms with Crippen molar-refractivity contribution in [3.05, 3.63) is 0 Å². The zero-order chi connectivity index (χ0) is 11.7. The molecule has 15 heavy (non-hydrogen) atoms. The molecule has 0 aromatic carbocycles. The second kappa shape index (κ2) is 8.19. The average Bonchev–Trinajstić information content (AvgIpc) is 2.13. The molecule has 0 heterocycles. The van der Waals surface area contributed by atoms with Crippen LogP contribution in [0, 0.1) is 0 Å². The van der Waals surface area contributed by atoms with Crippen molar-refractivity contribution < 1.29 is 19.4 Å². The molecule has 0 fully saturated rings. The molecule has 6 heteroatoms. The summed E-state index contributed by atoms with van der Waals surface area (Å²) in [7, 11) is 0. The summed E-state index contributed by atoms with van der Waals surface area (Å²) in [6, 6.07) is 0.123. The molecule has 0 aliphatic rings. The van der Waals surface area contributed by atoms with Crippen molar-refractivity contribution in [3.63, 3.8) is 0 Å². The Bertz CT molecular complexity index is 208. The van der Waals surface area contributed by atoms with E-state index >= 15 is 0 Å². The normalized spacial score (nSPS) is 12.3. The number of amides is 1. The van der Waals surface area contributed by atoms with E-state index in [-0.39, 0.29) is 19.1 Å². The zero-order valence-electron chi connectivity index (χ0n) is 8.86. The van der Waals surface area contributed by atoms with Crippen LogP contribution in [0.5, 0.6) is 0 Å². The Labute approximate surface area is 88.8 Å². The van der Waals surface area contributed by atoms with Crippen molar-refractivity contribution in [2.75, 3.05) is 19.8 Å². The summed E-state index contributed by atoms with van der Waals surface area (Å²) < 4.78 is 4.92. The largest absolute Gasteiger partial charge is 0.481 e. The summed E-state index contributed by atoms with van der Waals surface area (Å²) in [6.45, 7) is 2.79. The fourth-order valence-electron chi connectivity index (χ4n) is 0.992. The van der Waals surface area contributed by atoms with E-state index in [0.29, 0.717) is 19.6 Å². The van der Waals surface area contributed by atoms with Gasteiger partial charge >= 0.3 is 5.97 Å². The van der Waals surface area contributed by atoms with Crippen molar-refractivity contribution >= 4 is 11.9 Å². The van der Waals surface area contributed by atoms with Crippen molar-refractivity contribution in [2.24, 2.45) is 5.73 Å². The molecule has 1 unspecified atom stereocenters. The van der Waals surface area contributed by atoms with Crippen molar-refractivity contribution in [1.29, 1.82) is 0 Å². The lowest BCUT2D eigenvalue weighted by atomic mass is 10.2. The molecule has 0 aromatic rings. The number of carboxylic acids is 1. The third kappa shape index (κ3) is 10.8. The first-order valence-electron chi connectivity index (χ1n) is 4.83. The minimum atomic E-state index is -0.798. The summed E-state index contributed by atoms with van der Waals surface area (Å²) in [5.41, 5.74) is 4.87. The highest BCUT2D eigenvalue weighted by molar-refractivity contribution is 5.74. The van der Waals surface area contributed by atoms with Crippen molar-refractivity contribution in [1.82, 2.24) is 5.32 Å². The maximum Gasteiger partial charge on any atom is 0.303 e. The number of carboxylic acid groups (broad SMARTS) is 1. The molecular weight excluding hydrogens is 200 g/mol. The maximum atomic E-state index is 10.3. The predicted molar refractivity (Wildman–Crippen MR) is 54.3 cm³/mol. The van der Waals surface area contributed by atoms with Crippen LogP contribution in [0.3, 0.4) is 0 Å². The van der Waals surface area contributed by atoms with Gasteiger partial charge in [0.1, 0.15) is 6.61 Å². The first-order chi connectivity index (χ1) is 7.02. The minimum Gasteiger partial charge on any atom is -0.481 e. The van der Waals surface area contributed by atoms with Gasteiger partial charge in [0.25, 0.3) is 0 Å². The van der Waals surface area contributed by atoms with Crippen LogP contribution < -0.4 is 11.1 Å². The van der Waals surface area contributed by atoms with Gasteiger partial charge in [-0.05, 0) is 13.3 Å². The fourth-order valence-corrected chi connectivity index (χ4v) is 0.992. The SMILES string of the molecule is CC(CCC(=O)O)NCCOCC(N)=O. The average molecular weight is 218 g/mol. The van der Waals surface area contributed by atoms with Gasteiger partial charge < -0.3 is 20.9 Å². The molecule has 0 aromatic heterocycles. The van der Waals surface area contributed by atoms with Gasteiger partial charge in [-0.2, -0.15) is 0 Å². The van der Waals surface area contributed by atoms with Gasteiger partial charge in [-0.15, -0.1) is 0 Å². The molecule has 4 N–H and O–H groups in total. The molecule has 0 radical (unpaired) electrons. The van der Waals surface area contributed by atoms with Crippen LogP contribution >= 0.6 is 0 Å². The first kappa shape index (κ1) is 13.9. The molecule has 1 atom stereocenters. The Morgan fingerprint density at radius 2 is 2.20 bits per heavy atom. The standard InChI is InChI=1S/C9H18N2O4/c1-7(2-3-9(13)14)11-4-5-15-6-8(10)12/h7,11H,2-6H2,1H3,(H2,10,12)(H,13,14). The van der Waals surface area contributed by atoms with E-state index in [1.54, 1.807) is 0 Å². The Morgan fingerprint density at radius 1 is 1.53 bits per heavy atom. The number of aliphatic carboxylic acids is 1. The molecule has 1 amide bonds. The van der Waals surface area contributed by atoms with Gasteiger partial charge in [0.2, 0.25) is 5.91 Å². The van der Waals surface area contributed by atoms with E-state index < -0.39 is 11.9 Å². The number of hydrogen-bond donors (Lipinski definition) is 3. The Hall–Kier alpha value is -1.14. The van der Waals surface area contributed by atoms with Crippen LogP contribution in [-0.4, -0.2) is 42.8 Å². The summed E-state index contributed by atoms with van der Waals surface area (Å²) in [5, 5.41) is 11.5. The highest BCUT2D eigenvalue weighted by atomic mass is 16.5. The van der Waals surface area contributed by atoms with Gasteiger partial charge in [0, 0.05) is 19.0 Å². The van der Waals surface area contributed by atoms with Gasteiger partial charge in [0.15, 0.2) is 0 Å². The maximum absolute atomic E-state index is 10.3. The number of hydrogen-bond acceptors (Lipinski definition) is 4. The molecule has 0 spiro atoms. The number of carbonyl (C=O) groups excluding carboxylic acids is 1. The first-order valence-corrected chi connectivity index (χ1v) is 4.83. The third-order valence-corrected chi connectivity index (χ3v) is 1.77. The van der Waals surface area contributed by atoms with Crippen LogP contribution in [0.25, 0.3) is 0 Å². The van der Waals surface area contributed by atoms with E-state index in [2.05, 4.69) is 5.32 Å². The van der Waals surface area contributed by atoms with Gasteiger partial charge in [-0.3, -0.25) is 9.59 Å². The van der Waals surface area contributed by atoms with E-state index in [0.717, 1.165) is 0 Å².